The molecule has 0 aliphatic carbocycles. The fraction of sp³-hybridized carbons (Fsp3) is 0.406. The van der Waals surface area contributed by atoms with Crippen molar-refractivity contribution >= 4 is 27.5 Å². The van der Waals surface area contributed by atoms with Gasteiger partial charge in [0.2, 0.25) is 0 Å². The number of nitrogens with zero attached hydrogens (tertiary/aromatic N) is 5. The van der Waals surface area contributed by atoms with E-state index in [1.54, 1.807) is 13.8 Å². The van der Waals surface area contributed by atoms with Crippen molar-refractivity contribution in [2.45, 2.75) is 38.3 Å². The zero-order valence-electron chi connectivity index (χ0n) is 24.3. The summed E-state index contributed by atoms with van der Waals surface area (Å²) in [6, 6.07) is 7.03. The van der Waals surface area contributed by atoms with Crippen LogP contribution >= 0.6 is 0 Å². The molecule has 2 fully saturated rings. The number of aromatic nitrogens is 3. The molecule has 224 valence electrons. The first-order chi connectivity index (χ1) is 20.6. The second-order valence-electron chi connectivity index (χ2n) is 11.5. The second kappa shape index (κ2) is 11.5. The van der Waals surface area contributed by atoms with Gasteiger partial charge in [0.15, 0.2) is 5.82 Å². The van der Waals surface area contributed by atoms with E-state index in [2.05, 4.69) is 26.7 Å². The van der Waals surface area contributed by atoms with Crippen molar-refractivity contribution in [3.8, 4) is 34.9 Å². The van der Waals surface area contributed by atoms with Gasteiger partial charge in [-0.15, -0.1) is 0 Å². The first kappa shape index (κ1) is 29.0. The van der Waals surface area contributed by atoms with Crippen molar-refractivity contribution in [1.82, 2.24) is 19.9 Å². The molecular weight excluding hydrogens is 556 g/mol. The van der Waals surface area contributed by atoms with Gasteiger partial charge in [0, 0.05) is 18.2 Å². The minimum Gasteiger partial charge on any atom is -0.508 e. The van der Waals surface area contributed by atoms with Gasteiger partial charge >= 0.3 is 6.01 Å². The van der Waals surface area contributed by atoms with E-state index >= 15 is 4.39 Å². The van der Waals surface area contributed by atoms with Gasteiger partial charge in [-0.05, 0) is 81.2 Å². The maximum Gasteiger partial charge on any atom is 0.319 e. The van der Waals surface area contributed by atoms with Gasteiger partial charge in [-0.2, -0.15) is 9.97 Å². The van der Waals surface area contributed by atoms with Gasteiger partial charge in [-0.3, -0.25) is 0 Å². The maximum absolute atomic E-state index is 16.8. The number of likely N-dealkylation sites (tertiary alicyclic amines) is 1. The molecule has 2 aliphatic heterocycles. The normalized spacial score (nSPS) is 21.2. The predicted octanol–water partition coefficient (Wildman–Crippen LogP) is 4.26. The molecule has 6 rings (SSSR count). The Kier molecular flexibility index (Phi) is 7.77. The van der Waals surface area contributed by atoms with E-state index in [-0.39, 0.29) is 58.8 Å². The molecule has 1 unspecified atom stereocenters. The Morgan fingerprint density at radius 1 is 1.16 bits per heavy atom. The van der Waals surface area contributed by atoms with Gasteiger partial charge in [0.05, 0.1) is 25.1 Å². The van der Waals surface area contributed by atoms with Crippen molar-refractivity contribution in [1.29, 1.82) is 0 Å². The van der Waals surface area contributed by atoms with Crippen LogP contribution in [0.2, 0.25) is 0 Å². The summed E-state index contributed by atoms with van der Waals surface area (Å²) < 4.78 is 42.8. The van der Waals surface area contributed by atoms with Crippen molar-refractivity contribution in [3.05, 3.63) is 47.7 Å². The number of phenols is 1. The summed E-state index contributed by atoms with van der Waals surface area (Å²) in [5, 5.41) is 22.6. The Bertz CT molecular complexity index is 1770. The molecule has 0 bridgehead atoms. The number of benzene rings is 2. The number of β-amino-alcohol motifs (C(OH)–C–C–N with tert-alkyl or cyclic N) is 1. The van der Waals surface area contributed by atoms with Crippen LogP contribution in [0.15, 0.2) is 30.3 Å². The number of fused-ring (bicyclic) bond motifs is 2. The van der Waals surface area contributed by atoms with Crippen LogP contribution in [0.5, 0.6) is 11.8 Å². The van der Waals surface area contributed by atoms with Crippen LogP contribution in [0.4, 0.5) is 14.6 Å². The highest BCUT2D eigenvalue weighted by Crippen LogP contribution is 2.39. The van der Waals surface area contributed by atoms with Gasteiger partial charge < -0.3 is 29.5 Å². The van der Waals surface area contributed by atoms with Crippen LogP contribution in [0, 0.1) is 23.5 Å². The van der Waals surface area contributed by atoms with Crippen LogP contribution in [0.1, 0.15) is 32.4 Å². The molecule has 2 N–H and O–H groups in total. The highest BCUT2D eigenvalue weighted by molar-refractivity contribution is 6.01. The molecule has 0 radical (unpaired) electrons. The van der Waals surface area contributed by atoms with Gasteiger partial charge in [-0.1, -0.05) is 12.0 Å². The van der Waals surface area contributed by atoms with Crippen LogP contribution in [0.3, 0.4) is 0 Å². The molecule has 4 heterocycles. The molecule has 11 heteroatoms. The number of aliphatic hydroxyl groups is 1. The molecule has 0 saturated carbocycles. The number of hydrogen-bond donors (Lipinski definition) is 2. The first-order valence-electron chi connectivity index (χ1n) is 14.3. The number of ether oxygens (including phenoxy) is 2. The molecule has 2 aliphatic rings. The molecule has 4 aromatic rings. The third-order valence-electron chi connectivity index (χ3n) is 7.97. The molecule has 2 aromatic carbocycles. The van der Waals surface area contributed by atoms with Crippen LogP contribution in [0.25, 0.3) is 32.9 Å². The van der Waals surface area contributed by atoms with Crippen molar-refractivity contribution < 1.29 is 28.5 Å². The summed E-state index contributed by atoms with van der Waals surface area (Å²) in [6.45, 7) is 5.54. The van der Waals surface area contributed by atoms with E-state index < -0.39 is 17.2 Å². The second-order valence-corrected chi connectivity index (χ2v) is 11.5. The van der Waals surface area contributed by atoms with Gasteiger partial charge in [0.1, 0.15) is 46.5 Å². The van der Waals surface area contributed by atoms with E-state index in [0.717, 1.165) is 19.4 Å². The number of rotatable bonds is 5. The number of anilines is 1. The lowest BCUT2D eigenvalue weighted by atomic mass is 9.99. The summed E-state index contributed by atoms with van der Waals surface area (Å²) in [5.74, 6) is 4.69. The van der Waals surface area contributed by atoms with E-state index in [4.69, 9.17) is 14.5 Å². The standard InChI is InChI=1S/C32H33F2N5O4/c1-4-6-25-26-29(27(34)28(35-25)24-15-22(40)13-19-8-9-20(33)14-23(19)24)36-31(43-16-21-7-5-10-38(21)3)37-30(26)39-11-12-42-18-32(2,41)17-39/h8-9,13-15,21,40-41H,5,7,10-12,16-18H2,1-3H3/t21-,32?/m0/s1. The van der Waals surface area contributed by atoms with Crippen molar-refractivity contribution in [3.63, 3.8) is 0 Å². The van der Waals surface area contributed by atoms with Crippen LogP contribution in [-0.4, -0.2) is 88.2 Å². The molecule has 0 spiro atoms. The fourth-order valence-corrected chi connectivity index (χ4v) is 5.87. The topological polar surface area (TPSA) is 104 Å². The number of hydrogen-bond acceptors (Lipinski definition) is 9. The maximum atomic E-state index is 16.8. The Hall–Kier alpha value is -4.11. The van der Waals surface area contributed by atoms with Crippen molar-refractivity contribution in [2.75, 3.05) is 51.4 Å². The average molecular weight is 590 g/mol. The van der Waals surface area contributed by atoms with E-state index in [9.17, 15) is 14.6 Å². The molecule has 2 atom stereocenters. The third-order valence-corrected chi connectivity index (χ3v) is 7.97. The van der Waals surface area contributed by atoms with Crippen LogP contribution < -0.4 is 9.64 Å². The van der Waals surface area contributed by atoms with Crippen molar-refractivity contribution in [2.24, 2.45) is 0 Å². The summed E-state index contributed by atoms with van der Waals surface area (Å²) in [4.78, 5) is 17.9. The lowest BCUT2D eigenvalue weighted by Gasteiger charge is -2.29. The lowest BCUT2D eigenvalue weighted by Crippen LogP contribution is -2.42. The molecule has 9 nitrogen and oxygen atoms in total. The number of phenolic OH excluding ortho intramolecular Hbond substituents is 1. The largest absolute Gasteiger partial charge is 0.508 e. The Morgan fingerprint density at radius 3 is 2.77 bits per heavy atom. The quantitative estimate of drug-likeness (QED) is 0.331. The molecule has 0 amide bonds. The zero-order valence-corrected chi connectivity index (χ0v) is 24.3. The van der Waals surface area contributed by atoms with Gasteiger partial charge in [-0.25, -0.2) is 13.8 Å². The van der Waals surface area contributed by atoms with Crippen LogP contribution in [-0.2, 0) is 4.74 Å². The number of likely N-dealkylation sites (N-methyl/N-ethyl adjacent to an activating group) is 1. The number of halogens is 2. The summed E-state index contributed by atoms with van der Waals surface area (Å²) in [6.07, 6.45) is 2.02. The zero-order chi connectivity index (χ0) is 30.3. The van der Waals surface area contributed by atoms with E-state index in [1.165, 1.54) is 30.3 Å². The Labute approximate surface area is 248 Å². The molecule has 2 aromatic heterocycles. The Balaban J connectivity index is 1.60. The summed E-state index contributed by atoms with van der Waals surface area (Å²) >= 11 is 0. The minimum atomic E-state index is -1.20. The van der Waals surface area contributed by atoms with E-state index in [0.29, 0.717) is 36.3 Å². The monoisotopic (exact) mass is 589 g/mol. The van der Waals surface area contributed by atoms with E-state index in [1.807, 2.05) is 11.9 Å². The first-order valence-corrected chi connectivity index (χ1v) is 14.3. The molecule has 43 heavy (non-hydrogen) atoms. The highest BCUT2D eigenvalue weighted by Gasteiger charge is 2.32. The SMILES string of the molecule is CC#Cc1nc(-c2cc(O)cc3ccc(F)cc23)c(F)c2nc(OC[C@@H]3CCCN3C)nc(N3CCOCC(C)(O)C3)c12. The fourth-order valence-electron chi connectivity index (χ4n) is 5.87. The highest BCUT2D eigenvalue weighted by atomic mass is 19.1. The third kappa shape index (κ3) is 5.78. The number of aromatic hydroxyl groups is 1. The summed E-state index contributed by atoms with van der Waals surface area (Å²) in [7, 11) is 2.03. The average Bonchev–Trinajstić information content (AvgIpc) is 3.29. The molecule has 2 saturated heterocycles. The predicted molar refractivity (Wildman–Crippen MR) is 159 cm³/mol. The van der Waals surface area contributed by atoms with Gasteiger partial charge in [0.25, 0.3) is 0 Å². The smallest absolute Gasteiger partial charge is 0.319 e. The lowest BCUT2D eigenvalue weighted by molar-refractivity contribution is -0.0123. The minimum absolute atomic E-state index is 0.0223. The molecular formula is C32H33F2N5O4. The Morgan fingerprint density at radius 2 is 2.00 bits per heavy atom. The number of pyridine rings is 1. The summed E-state index contributed by atoms with van der Waals surface area (Å²) in [5.41, 5.74) is -1.04.